The van der Waals surface area contributed by atoms with E-state index in [-0.39, 0.29) is 31.1 Å². The van der Waals surface area contributed by atoms with Crippen molar-refractivity contribution in [3.63, 3.8) is 0 Å². The molecule has 2 aliphatic rings. The smallest absolute Gasteiger partial charge is 0.417 e. The van der Waals surface area contributed by atoms with Crippen molar-refractivity contribution in [1.82, 2.24) is 0 Å². The molecule has 0 spiro atoms. The highest BCUT2D eigenvalue weighted by Gasteiger charge is 2.39. The highest BCUT2D eigenvalue weighted by Crippen LogP contribution is 2.48. The SMILES string of the molecule is Cc1cc(OCC(C)(C)O)cc(C)c1-c1c(C(F)(F)F)ccc2c1CC[C@H]2Oc1ccc2c(c1)OC[C@H]2CC(=O)O. The fourth-order valence-corrected chi connectivity index (χ4v) is 5.85. The average Bonchev–Trinajstić information content (AvgIpc) is 3.45. The largest absolute Gasteiger partial charge is 0.492 e. The van der Waals surface area contributed by atoms with Crippen molar-refractivity contribution in [3.8, 4) is 28.4 Å². The topological polar surface area (TPSA) is 85.2 Å². The molecule has 0 saturated heterocycles. The van der Waals surface area contributed by atoms with Crippen LogP contribution in [0.2, 0.25) is 0 Å². The molecule has 0 bridgehead atoms. The maximum Gasteiger partial charge on any atom is 0.417 e. The van der Waals surface area contributed by atoms with Gasteiger partial charge in [-0.25, -0.2) is 0 Å². The maximum atomic E-state index is 14.3. The van der Waals surface area contributed by atoms with E-state index < -0.39 is 29.4 Å². The summed E-state index contributed by atoms with van der Waals surface area (Å²) in [7, 11) is 0. The average molecular weight is 571 g/mol. The number of carboxylic acid groups (broad SMARTS) is 1. The number of hydrogen-bond donors (Lipinski definition) is 2. The van der Waals surface area contributed by atoms with Crippen LogP contribution in [0.5, 0.6) is 17.2 Å². The van der Waals surface area contributed by atoms with E-state index in [2.05, 4.69) is 0 Å². The number of aliphatic hydroxyl groups is 1. The first-order valence-corrected chi connectivity index (χ1v) is 13.6. The molecule has 9 heteroatoms. The number of halogens is 3. The molecular formula is C32H33F3O6. The van der Waals surface area contributed by atoms with Gasteiger partial charge in [-0.1, -0.05) is 12.1 Å². The molecule has 3 aromatic carbocycles. The van der Waals surface area contributed by atoms with Gasteiger partial charge in [0.2, 0.25) is 0 Å². The molecule has 0 aromatic heterocycles. The lowest BCUT2D eigenvalue weighted by Gasteiger charge is -2.23. The van der Waals surface area contributed by atoms with Crippen LogP contribution in [-0.4, -0.2) is 35.0 Å². The van der Waals surface area contributed by atoms with Gasteiger partial charge < -0.3 is 24.4 Å². The molecule has 3 aromatic rings. The summed E-state index contributed by atoms with van der Waals surface area (Å²) in [4.78, 5) is 11.2. The Morgan fingerprint density at radius 3 is 2.32 bits per heavy atom. The third-order valence-electron chi connectivity index (χ3n) is 7.57. The molecule has 0 unspecified atom stereocenters. The number of benzene rings is 3. The molecule has 41 heavy (non-hydrogen) atoms. The lowest BCUT2D eigenvalue weighted by atomic mass is 9.86. The minimum atomic E-state index is -4.55. The molecule has 218 valence electrons. The van der Waals surface area contributed by atoms with Crippen molar-refractivity contribution in [2.75, 3.05) is 13.2 Å². The predicted molar refractivity (Wildman–Crippen MR) is 147 cm³/mol. The number of alkyl halides is 3. The maximum absolute atomic E-state index is 14.3. The van der Waals surface area contributed by atoms with Gasteiger partial charge in [0, 0.05) is 17.5 Å². The number of fused-ring (bicyclic) bond motifs is 2. The molecule has 0 saturated carbocycles. The Hall–Kier alpha value is -3.72. The Balaban J connectivity index is 1.49. The molecule has 1 aliphatic carbocycles. The van der Waals surface area contributed by atoms with E-state index in [0.29, 0.717) is 57.9 Å². The zero-order chi connectivity index (χ0) is 29.7. The van der Waals surface area contributed by atoms with Crippen LogP contribution in [0.1, 0.15) is 72.1 Å². The molecule has 0 fully saturated rings. The van der Waals surface area contributed by atoms with Crippen LogP contribution in [0, 0.1) is 13.8 Å². The van der Waals surface area contributed by atoms with Gasteiger partial charge in [-0.05, 0) is 98.2 Å². The van der Waals surface area contributed by atoms with Crippen LogP contribution in [-0.2, 0) is 17.4 Å². The number of carbonyl (C=O) groups is 1. The van der Waals surface area contributed by atoms with Crippen molar-refractivity contribution >= 4 is 5.97 Å². The summed E-state index contributed by atoms with van der Waals surface area (Å²) in [6.07, 6.45) is -4.11. The Morgan fingerprint density at radius 1 is 1.00 bits per heavy atom. The van der Waals surface area contributed by atoms with E-state index in [1.165, 1.54) is 6.07 Å². The minimum Gasteiger partial charge on any atom is -0.492 e. The summed E-state index contributed by atoms with van der Waals surface area (Å²) in [6, 6.07) is 11.3. The van der Waals surface area contributed by atoms with Crippen molar-refractivity contribution in [2.45, 2.75) is 70.8 Å². The second-order valence-electron chi connectivity index (χ2n) is 11.5. The number of hydrogen-bond acceptors (Lipinski definition) is 5. The van der Waals surface area contributed by atoms with Crippen molar-refractivity contribution < 1.29 is 42.4 Å². The molecule has 1 aliphatic heterocycles. The summed E-state index contributed by atoms with van der Waals surface area (Å²) in [5.74, 6) is 0.436. The molecule has 6 nitrogen and oxygen atoms in total. The van der Waals surface area contributed by atoms with Crippen molar-refractivity contribution in [2.24, 2.45) is 0 Å². The van der Waals surface area contributed by atoms with Crippen LogP contribution in [0.25, 0.3) is 11.1 Å². The summed E-state index contributed by atoms with van der Waals surface area (Å²) in [6.45, 7) is 7.10. The normalized spacial score (nSPS) is 18.0. The molecular weight excluding hydrogens is 537 g/mol. The zero-order valence-electron chi connectivity index (χ0n) is 23.4. The van der Waals surface area contributed by atoms with E-state index in [1.54, 1.807) is 58.0 Å². The van der Waals surface area contributed by atoms with E-state index in [1.807, 2.05) is 0 Å². The first-order valence-electron chi connectivity index (χ1n) is 13.6. The zero-order valence-corrected chi connectivity index (χ0v) is 23.4. The highest BCUT2D eigenvalue weighted by molar-refractivity contribution is 5.80. The van der Waals surface area contributed by atoms with Crippen LogP contribution < -0.4 is 14.2 Å². The van der Waals surface area contributed by atoms with Crippen molar-refractivity contribution in [1.29, 1.82) is 0 Å². The first-order chi connectivity index (χ1) is 19.2. The molecule has 2 atom stereocenters. The van der Waals surface area contributed by atoms with Gasteiger partial charge in [-0.15, -0.1) is 0 Å². The van der Waals surface area contributed by atoms with Crippen LogP contribution in [0.3, 0.4) is 0 Å². The van der Waals surface area contributed by atoms with Crippen molar-refractivity contribution in [3.05, 3.63) is 75.8 Å². The lowest BCUT2D eigenvalue weighted by molar-refractivity contribution is -0.138. The number of aryl methyl sites for hydroxylation is 2. The Bertz CT molecular complexity index is 1460. The molecule has 1 heterocycles. The fraction of sp³-hybridized carbons (Fsp3) is 0.406. The molecule has 0 amide bonds. The Morgan fingerprint density at radius 2 is 1.68 bits per heavy atom. The van der Waals surface area contributed by atoms with E-state index in [0.717, 1.165) is 11.6 Å². The molecule has 0 radical (unpaired) electrons. The lowest BCUT2D eigenvalue weighted by Crippen LogP contribution is -2.27. The number of rotatable bonds is 8. The van der Waals surface area contributed by atoms with E-state index in [9.17, 15) is 23.1 Å². The van der Waals surface area contributed by atoms with Gasteiger partial charge in [0.05, 0.1) is 24.2 Å². The summed E-state index contributed by atoms with van der Waals surface area (Å²) in [5, 5.41) is 19.2. The van der Waals surface area contributed by atoms with Gasteiger partial charge in [-0.3, -0.25) is 4.79 Å². The number of carboxylic acids is 1. The third kappa shape index (κ3) is 6.00. The summed E-state index contributed by atoms with van der Waals surface area (Å²) < 4.78 is 60.7. The third-order valence-corrected chi connectivity index (χ3v) is 7.57. The fourth-order valence-electron chi connectivity index (χ4n) is 5.85. The summed E-state index contributed by atoms with van der Waals surface area (Å²) in [5.41, 5.74) is 2.36. The standard InChI is InChI=1S/C32H33F3O6/c1-17-11-21(40-16-31(3,4)38)12-18(2)29(17)30-24-8-10-26(23(24)7-9-25(30)32(33,34)35)41-20-5-6-22-19(13-28(36)37)15-39-27(22)14-20/h5-7,9,11-12,14,19,26,38H,8,10,13,15-16H2,1-4H3,(H,36,37)/t19-,26-/m1/s1. The highest BCUT2D eigenvalue weighted by atomic mass is 19.4. The monoisotopic (exact) mass is 570 g/mol. The second kappa shape index (κ2) is 10.6. The summed E-state index contributed by atoms with van der Waals surface area (Å²) >= 11 is 0. The second-order valence-corrected chi connectivity index (χ2v) is 11.5. The predicted octanol–water partition coefficient (Wildman–Crippen LogP) is 7.16. The van der Waals surface area contributed by atoms with E-state index >= 15 is 0 Å². The van der Waals surface area contributed by atoms with E-state index in [4.69, 9.17) is 19.3 Å². The number of ether oxygens (including phenoxy) is 3. The number of aliphatic carboxylic acids is 1. The molecule has 2 N–H and O–H groups in total. The Kier molecular flexibility index (Phi) is 7.44. The van der Waals surface area contributed by atoms with Crippen LogP contribution >= 0.6 is 0 Å². The minimum absolute atomic E-state index is 0.0289. The Labute approximate surface area is 236 Å². The van der Waals surface area contributed by atoms with Crippen LogP contribution in [0.4, 0.5) is 13.2 Å². The van der Waals surface area contributed by atoms with Crippen LogP contribution in [0.15, 0.2) is 42.5 Å². The van der Waals surface area contributed by atoms with Gasteiger partial charge in [0.25, 0.3) is 0 Å². The quantitative estimate of drug-likeness (QED) is 0.299. The van der Waals surface area contributed by atoms with Gasteiger partial charge >= 0.3 is 12.1 Å². The first kappa shape index (κ1) is 28.8. The van der Waals surface area contributed by atoms with Gasteiger partial charge in [0.15, 0.2) is 0 Å². The molecule has 5 rings (SSSR count). The van der Waals surface area contributed by atoms with Gasteiger partial charge in [0.1, 0.15) is 30.0 Å². The van der Waals surface area contributed by atoms with Gasteiger partial charge in [-0.2, -0.15) is 13.2 Å².